The van der Waals surface area contributed by atoms with Crippen LogP contribution >= 0.6 is 34.8 Å². The van der Waals surface area contributed by atoms with Crippen LogP contribution in [0.15, 0.2) is 82.9 Å². The third-order valence-electron chi connectivity index (χ3n) is 9.75. The fourth-order valence-corrected chi connectivity index (χ4v) is 6.97. The van der Waals surface area contributed by atoms with Crippen molar-refractivity contribution in [3.63, 3.8) is 0 Å². The van der Waals surface area contributed by atoms with E-state index in [9.17, 15) is 19.5 Å². The normalized spacial score (nSPS) is 13.8. The molecule has 0 spiro atoms. The lowest BCUT2D eigenvalue weighted by molar-refractivity contribution is -0.118. The second-order valence-corrected chi connectivity index (χ2v) is 16.7. The van der Waals surface area contributed by atoms with Crippen LogP contribution in [0.5, 0.6) is 5.75 Å². The van der Waals surface area contributed by atoms with E-state index in [2.05, 4.69) is 68.3 Å². The van der Waals surface area contributed by atoms with Gasteiger partial charge >= 0.3 is 5.91 Å². The number of likely N-dealkylation sites (N-methyl/N-ethyl adjacent to an activating group) is 1. The molecule has 0 unspecified atom stereocenters. The van der Waals surface area contributed by atoms with Crippen molar-refractivity contribution in [2.24, 2.45) is 10.1 Å². The van der Waals surface area contributed by atoms with E-state index in [-0.39, 0.29) is 61.9 Å². The first-order chi connectivity index (χ1) is 26.8. The van der Waals surface area contributed by atoms with Crippen molar-refractivity contribution in [3.8, 4) is 5.75 Å². The summed E-state index contributed by atoms with van der Waals surface area (Å²) in [5, 5.41) is 20.6. The van der Waals surface area contributed by atoms with Gasteiger partial charge in [0.15, 0.2) is 18.2 Å². The Balaban J connectivity index is 1.38. The van der Waals surface area contributed by atoms with Crippen LogP contribution in [0.2, 0.25) is 15.1 Å². The number of aliphatic hydroxyl groups is 1. The summed E-state index contributed by atoms with van der Waals surface area (Å²) >= 11 is 19.1. The van der Waals surface area contributed by atoms with Crippen molar-refractivity contribution >= 4 is 86.8 Å². The van der Waals surface area contributed by atoms with Crippen LogP contribution in [-0.2, 0) is 20.4 Å². The average molecular weight is 834 g/mol. The number of benzene rings is 4. The molecule has 1 aliphatic rings. The first-order valence-electron chi connectivity index (χ1n) is 18.4. The molecule has 0 aromatic heterocycles. The molecule has 0 saturated carbocycles. The molecule has 5 rings (SSSR count). The number of anilines is 3. The van der Waals surface area contributed by atoms with Crippen LogP contribution in [0, 0.1) is 6.92 Å². The first-order valence-corrected chi connectivity index (χ1v) is 19.5. The predicted molar refractivity (Wildman–Crippen MR) is 232 cm³/mol. The molecule has 1 aliphatic heterocycles. The standard InChI is InChI=1S/C43H47Cl3N6O5/c1-9-43(6,7)27-13-16-35(31(21-27)42(3,4)5)57-24-36(54)47-29-12-10-11-26(20-29)40(55)49-39-37(48-34-15-14-30(19-25(34)2)51(8)17-18-53)41(56)52(50-39)38-32(45)22-28(44)23-33(38)46/h10-16,19-23,53H,9,17-18,24H2,1-8H3,(H,47,54)(H,49,50,55). The number of amidine groups is 1. The van der Waals surface area contributed by atoms with Gasteiger partial charge < -0.3 is 25.4 Å². The number of aryl methyl sites for hydroxylation is 1. The highest BCUT2D eigenvalue weighted by atomic mass is 35.5. The van der Waals surface area contributed by atoms with Crippen molar-refractivity contribution in [2.45, 2.75) is 65.7 Å². The number of hydrogen-bond donors (Lipinski definition) is 3. The molecule has 14 heteroatoms. The van der Waals surface area contributed by atoms with Crippen LogP contribution in [0.1, 0.15) is 75.0 Å². The number of nitrogens with one attached hydrogen (secondary N) is 2. The molecule has 0 bridgehead atoms. The maximum atomic E-state index is 14.0. The van der Waals surface area contributed by atoms with Crippen LogP contribution in [0.4, 0.5) is 22.7 Å². The Labute approximate surface area is 348 Å². The van der Waals surface area contributed by atoms with Crippen molar-refractivity contribution in [3.05, 3.63) is 110 Å². The summed E-state index contributed by atoms with van der Waals surface area (Å²) in [6.45, 7) is 14.9. The molecular formula is C43H47Cl3N6O5. The van der Waals surface area contributed by atoms with Gasteiger partial charge in [-0.15, -0.1) is 5.10 Å². The molecule has 0 radical (unpaired) electrons. The Morgan fingerprint density at radius 2 is 1.65 bits per heavy atom. The number of hydrogen-bond acceptors (Lipinski definition) is 8. The Hall–Kier alpha value is -4.94. The topological polar surface area (TPSA) is 136 Å². The van der Waals surface area contributed by atoms with E-state index in [1.807, 2.05) is 37.1 Å². The molecule has 0 saturated heterocycles. The third kappa shape index (κ3) is 10.1. The second-order valence-electron chi connectivity index (χ2n) is 15.4. The summed E-state index contributed by atoms with van der Waals surface area (Å²) in [5.74, 6) is -1.27. The van der Waals surface area contributed by atoms with E-state index < -0.39 is 17.7 Å². The van der Waals surface area contributed by atoms with E-state index in [0.29, 0.717) is 23.7 Å². The fraction of sp³-hybridized carbons (Fsp3) is 0.326. The summed E-state index contributed by atoms with van der Waals surface area (Å²) in [5.41, 5.74) is 4.38. The zero-order valence-electron chi connectivity index (χ0n) is 33.3. The van der Waals surface area contributed by atoms with Crippen molar-refractivity contribution in [1.82, 2.24) is 5.32 Å². The maximum absolute atomic E-state index is 14.0. The molecule has 4 aromatic carbocycles. The molecule has 0 atom stereocenters. The summed E-state index contributed by atoms with van der Waals surface area (Å²) < 4.78 is 6.05. The monoisotopic (exact) mass is 832 g/mol. The molecule has 3 N–H and O–H groups in total. The molecule has 0 aliphatic carbocycles. The van der Waals surface area contributed by atoms with Gasteiger partial charge in [-0.3, -0.25) is 14.4 Å². The number of hydrazone groups is 1. The maximum Gasteiger partial charge on any atom is 0.301 e. The van der Waals surface area contributed by atoms with Crippen molar-refractivity contribution < 1.29 is 24.2 Å². The smallest absolute Gasteiger partial charge is 0.301 e. The molecule has 3 amide bonds. The molecule has 4 aromatic rings. The minimum atomic E-state index is -0.698. The fourth-order valence-electron chi connectivity index (χ4n) is 6.00. The highest BCUT2D eigenvalue weighted by Crippen LogP contribution is 2.39. The minimum Gasteiger partial charge on any atom is -0.483 e. The number of carbonyl (C=O) groups is 3. The largest absolute Gasteiger partial charge is 0.483 e. The quantitative estimate of drug-likeness (QED) is 0.130. The van der Waals surface area contributed by atoms with E-state index in [1.54, 1.807) is 30.3 Å². The number of aliphatic imine (C=N–C) groups is 1. The van der Waals surface area contributed by atoms with Crippen molar-refractivity contribution in [2.75, 3.05) is 42.0 Å². The Bertz CT molecular complexity index is 2240. The molecule has 57 heavy (non-hydrogen) atoms. The van der Waals surface area contributed by atoms with Gasteiger partial charge in [-0.25, -0.2) is 4.99 Å². The number of carbonyl (C=O) groups excluding carboxylic acids is 3. The van der Waals surface area contributed by atoms with Gasteiger partial charge in [0.1, 0.15) is 11.4 Å². The Morgan fingerprint density at radius 1 is 0.947 bits per heavy atom. The van der Waals surface area contributed by atoms with Crippen LogP contribution in [0.25, 0.3) is 0 Å². The summed E-state index contributed by atoms with van der Waals surface area (Å²) in [6, 6.07) is 20.7. The lowest BCUT2D eigenvalue weighted by Crippen LogP contribution is -2.37. The van der Waals surface area contributed by atoms with E-state index in [1.165, 1.54) is 23.8 Å². The van der Waals surface area contributed by atoms with Crippen LogP contribution in [-0.4, -0.2) is 61.2 Å². The Morgan fingerprint density at radius 3 is 2.28 bits per heavy atom. The molecule has 11 nitrogen and oxygen atoms in total. The molecule has 0 fully saturated rings. The van der Waals surface area contributed by atoms with Gasteiger partial charge in [-0.1, -0.05) is 94.5 Å². The van der Waals surface area contributed by atoms with E-state index >= 15 is 0 Å². The van der Waals surface area contributed by atoms with Gasteiger partial charge in [0.25, 0.3) is 11.8 Å². The molecule has 1 heterocycles. The molecule has 300 valence electrons. The number of aliphatic hydroxyl groups excluding tert-OH is 1. The zero-order chi connectivity index (χ0) is 41.8. The lowest BCUT2D eigenvalue weighted by atomic mass is 9.78. The number of nitrogens with zero attached hydrogens (tertiary/aromatic N) is 4. The van der Waals surface area contributed by atoms with Crippen LogP contribution in [0.3, 0.4) is 0 Å². The Kier molecular flexibility index (Phi) is 13.4. The third-order valence-corrected chi connectivity index (χ3v) is 10.5. The predicted octanol–water partition coefficient (Wildman–Crippen LogP) is 9.25. The van der Waals surface area contributed by atoms with E-state index in [0.717, 1.165) is 28.2 Å². The minimum absolute atomic E-state index is 0.0108. The average Bonchev–Trinajstić information content (AvgIpc) is 3.43. The van der Waals surface area contributed by atoms with Gasteiger partial charge in [-0.05, 0) is 95.5 Å². The highest BCUT2D eigenvalue weighted by molar-refractivity contribution is 6.72. The summed E-state index contributed by atoms with van der Waals surface area (Å²) in [4.78, 5) is 47.4. The van der Waals surface area contributed by atoms with E-state index in [4.69, 9.17) is 39.5 Å². The number of ether oxygens (including phenoxy) is 1. The van der Waals surface area contributed by atoms with Crippen molar-refractivity contribution in [1.29, 1.82) is 0 Å². The van der Waals surface area contributed by atoms with Crippen LogP contribution < -0.4 is 25.3 Å². The van der Waals surface area contributed by atoms with Gasteiger partial charge in [0, 0.05) is 35.6 Å². The highest BCUT2D eigenvalue weighted by Gasteiger charge is 2.37. The number of halogens is 3. The zero-order valence-corrected chi connectivity index (χ0v) is 35.5. The van der Waals surface area contributed by atoms with Gasteiger partial charge in [-0.2, -0.15) is 5.01 Å². The second kappa shape index (κ2) is 17.7. The lowest BCUT2D eigenvalue weighted by Gasteiger charge is -2.28. The first kappa shape index (κ1) is 43.2. The molecular weight excluding hydrogens is 787 g/mol. The SMILES string of the molecule is CCC(C)(C)c1ccc(OCC(=O)Nc2cccc(C(=O)NC3=NN(c4c(Cl)cc(Cl)cc4Cl)C(=O)C3=Nc3ccc(N(C)CCO)cc3C)c2)c(C(C)(C)C)c1. The van der Waals surface area contributed by atoms with Gasteiger partial charge in [0.05, 0.1) is 22.3 Å². The number of amides is 3. The van der Waals surface area contributed by atoms with Gasteiger partial charge in [0.2, 0.25) is 0 Å². The summed E-state index contributed by atoms with van der Waals surface area (Å²) in [6.07, 6.45) is 0.975. The summed E-state index contributed by atoms with van der Waals surface area (Å²) in [7, 11) is 1.85. The number of rotatable bonds is 12.